The third kappa shape index (κ3) is 1.54. The zero-order valence-corrected chi connectivity index (χ0v) is 8.47. The lowest BCUT2D eigenvalue weighted by Crippen LogP contribution is -2.19. The Morgan fingerprint density at radius 3 is 3.06 bits per heavy atom. The van der Waals surface area contributed by atoms with Crippen molar-refractivity contribution in [2.24, 2.45) is 0 Å². The normalized spacial score (nSPS) is 17.6. The summed E-state index contributed by atoms with van der Waals surface area (Å²) in [5.74, 6) is 0.478. The van der Waals surface area contributed by atoms with Gasteiger partial charge in [-0.1, -0.05) is 0 Å². The van der Waals surface area contributed by atoms with E-state index in [1.807, 2.05) is 0 Å². The van der Waals surface area contributed by atoms with Crippen LogP contribution in [0, 0.1) is 0 Å². The summed E-state index contributed by atoms with van der Waals surface area (Å²) < 4.78 is 5.44. The molecule has 0 spiro atoms. The summed E-state index contributed by atoms with van der Waals surface area (Å²) in [6, 6.07) is 0. The molecule has 3 rings (SSSR count). The first-order chi connectivity index (χ1) is 7.66. The summed E-state index contributed by atoms with van der Waals surface area (Å²) in [5, 5.41) is 16.9. The lowest BCUT2D eigenvalue weighted by atomic mass is 10.4. The molecule has 0 aromatic carbocycles. The van der Waals surface area contributed by atoms with E-state index >= 15 is 0 Å². The summed E-state index contributed by atoms with van der Waals surface area (Å²) in [6.07, 6.45) is 3.10. The average Bonchev–Trinajstić information content (AvgIpc) is 2.79. The van der Waals surface area contributed by atoms with Crippen LogP contribution in [0.25, 0.3) is 11.0 Å². The number of fused-ring (bicyclic) bond motifs is 1. The van der Waals surface area contributed by atoms with Gasteiger partial charge in [0.05, 0.1) is 11.8 Å². The van der Waals surface area contributed by atoms with E-state index in [0.717, 1.165) is 12.8 Å². The fraction of sp³-hybridized carbons (Fsp3) is 0.444. The average molecular weight is 221 g/mol. The van der Waals surface area contributed by atoms with Gasteiger partial charge in [0.15, 0.2) is 5.65 Å². The number of hydrogen-bond donors (Lipinski definition) is 3. The number of anilines is 1. The molecule has 2 heterocycles. The van der Waals surface area contributed by atoms with Crippen molar-refractivity contribution in [3.8, 4) is 5.88 Å². The van der Waals surface area contributed by atoms with Gasteiger partial charge in [-0.3, -0.25) is 5.10 Å². The lowest BCUT2D eigenvalue weighted by Gasteiger charge is -2.09. The molecule has 1 aliphatic rings. The van der Waals surface area contributed by atoms with Crippen LogP contribution in [0.5, 0.6) is 5.88 Å². The molecule has 7 heteroatoms. The summed E-state index contributed by atoms with van der Waals surface area (Å²) in [7, 11) is 0. The molecule has 1 fully saturated rings. The van der Waals surface area contributed by atoms with Crippen molar-refractivity contribution >= 4 is 17.0 Å². The van der Waals surface area contributed by atoms with Gasteiger partial charge in [0.1, 0.15) is 12.0 Å². The van der Waals surface area contributed by atoms with Crippen molar-refractivity contribution in [3.05, 3.63) is 6.20 Å². The predicted molar refractivity (Wildman–Crippen MR) is 55.8 cm³/mol. The van der Waals surface area contributed by atoms with E-state index in [1.54, 1.807) is 6.20 Å². The van der Waals surface area contributed by atoms with Crippen LogP contribution in [0.1, 0.15) is 12.8 Å². The number of H-pyrrole nitrogens is 1. The highest BCUT2D eigenvalue weighted by atomic mass is 16.5. The van der Waals surface area contributed by atoms with Crippen LogP contribution in [0.2, 0.25) is 0 Å². The summed E-state index contributed by atoms with van der Waals surface area (Å²) in [6.45, 7) is 0.226. The smallest absolute Gasteiger partial charge is 0.229 e. The number of aromatic amines is 1. The van der Waals surface area contributed by atoms with Crippen LogP contribution in [0.3, 0.4) is 0 Å². The van der Waals surface area contributed by atoms with Gasteiger partial charge in [0.25, 0.3) is 0 Å². The minimum atomic E-state index is -0.685. The maximum atomic E-state index is 9.66. The second-order valence-corrected chi connectivity index (χ2v) is 4.03. The van der Waals surface area contributed by atoms with Crippen molar-refractivity contribution in [1.82, 2.24) is 20.2 Å². The Morgan fingerprint density at radius 1 is 1.50 bits per heavy atom. The number of aromatic nitrogens is 4. The molecule has 0 radical (unpaired) electrons. The van der Waals surface area contributed by atoms with Gasteiger partial charge in [-0.25, -0.2) is 0 Å². The van der Waals surface area contributed by atoms with E-state index in [0.29, 0.717) is 16.9 Å². The van der Waals surface area contributed by atoms with Gasteiger partial charge in [0, 0.05) is 0 Å². The second kappa shape index (κ2) is 3.05. The Kier molecular flexibility index (Phi) is 1.78. The molecule has 0 bridgehead atoms. The molecular formula is C9H11N5O2. The first kappa shape index (κ1) is 9.34. The van der Waals surface area contributed by atoms with Crippen molar-refractivity contribution in [3.63, 3.8) is 0 Å². The number of nitrogens with two attached hydrogens (primary N) is 1. The van der Waals surface area contributed by atoms with E-state index in [1.165, 1.54) is 0 Å². The van der Waals surface area contributed by atoms with Gasteiger partial charge < -0.3 is 15.6 Å². The van der Waals surface area contributed by atoms with Crippen LogP contribution in [-0.2, 0) is 0 Å². The van der Waals surface area contributed by atoms with Crippen LogP contribution in [0.4, 0.5) is 5.95 Å². The third-order valence-electron chi connectivity index (χ3n) is 2.60. The van der Waals surface area contributed by atoms with E-state index in [9.17, 15) is 5.11 Å². The van der Waals surface area contributed by atoms with Gasteiger partial charge in [-0.05, 0) is 12.8 Å². The molecule has 1 aliphatic carbocycles. The topological polar surface area (TPSA) is 110 Å². The van der Waals surface area contributed by atoms with Gasteiger partial charge in [-0.15, -0.1) is 0 Å². The Hall–Kier alpha value is -1.89. The van der Waals surface area contributed by atoms with E-state index < -0.39 is 5.60 Å². The first-order valence-electron chi connectivity index (χ1n) is 4.98. The summed E-state index contributed by atoms with van der Waals surface area (Å²) >= 11 is 0. The van der Waals surface area contributed by atoms with Gasteiger partial charge >= 0.3 is 0 Å². The molecule has 7 nitrogen and oxygen atoms in total. The van der Waals surface area contributed by atoms with E-state index in [2.05, 4.69) is 20.2 Å². The number of ether oxygens (including phenoxy) is 1. The van der Waals surface area contributed by atoms with Crippen molar-refractivity contribution in [1.29, 1.82) is 0 Å². The fourth-order valence-corrected chi connectivity index (χ4v) is 1.43. The summed E-state index contributed by atoms with van der Waals surface area (Å²) in [4.78, 5) is 7.94. The SMILES string of the molecule is Nc1nc(OCC2(O)CC2)c2cn[nH]c2n1. The van der Waals surface area contributed by atoms with Gasteiger partial charge in [0.2, 0.25) is 11.8 Å². The monoisotopic (exact) mass is 221 g/mol. The molecule has 2 aromatic rings. The Bertz CT molecular complexity index is 534. The molecule has 0 atom stereocenters. The molecule has 0 unspecified atom stereocenters. The zero-order chi connectivity index (χ0) is 11.2. The minimum Gasteiger partial charge on any atom is -0.474 e. The van der Waals surface area contributed by atoms with E-state index in [4.69, 9.17) is 10.5 Å². The van der Waals surface area contributed by atoms with Crippen LogP contribution < -0.4 is 10.5 Å². The molecule has 0 saturated heterocycles. The molecule has 4 N–H and O–H groups in total. The van der Waals surface area contributed by atoms with Crippen LogP contribution in [0.15, 0.2) is 6.20 Å². The molecule has 2 aromatic heterocycles. The van der Waals surface area contributed by atoms with E-state index in [-0.39, 0.29) is 12.6 Å². The standard InChI is InChI=1S/C9H11N5O2/c10-8-12-6-5(3-11-14-6)7(13-8)16-4-9(15)1-2-9/h3,15H,1-2,4H2,(H3,10,11,12,13,14). The highest BCUT2D eigenvalue weighted by Gasteiger charge is 2.41. The highest BCUT2D eigenvalue weighted by molar-refractivity contribution is 5.80. The predicted octanol–water partition coefficient (Wildman–Crippen LogP) is -0.161. The summed E-state index contributed by atoms with van der Waals surface area (Å²) in [5.41, 5.74) is 5.37. The maximum absolute atomic E-state index is 9.66. The molecule has 1 saturated carbocycles. The number of nitrogens with zero attached hydrogens (tertiary/aromatic N) is 3. The first-order valence-corrected chi connectivity index (χ1v) is 4.98. The Balaban J connectivity index is 1.92. The quantitative estimate of drug-likeness (QED) is 0.664. The minimum absolute atomic E-state index is 0.120. The third-order valence-corrected chi connectivity index (χ3v) is 2.60. The number of hydrogen-bond acceptors (Lipinski definition) is 6. The van der Waals surface area contributed by atoms with Crippen molar-refractivity contribution in [2.75, 3.05) is 12.3 Å². The number of nitrogen functional groups attached to an aromatic ring is 1. The van der Waals surface area contributed by atoms with Crippen molar-refractivity contribution in [2.45, 2.75) is 18.4 Å². The largest absolute Gasteiger partial charge is 0.474 e. The van der Waals surface area contributed by atoms with Crippen LogP contribution >= 0.6 is 0 Å². The Morgan fingerprint density at radius 2 is 2.31 bits per heavy atom. The van der Waals surface area contributed by atoms with Gasteiger partial charge in [-0.2, -0.15) is 15.1 Å². The molecule has 16 heavy (non-hydrogen) atoms. The highest BCUT2D eigenvalue weighted by Crippen LogP contribution is 2.35. The van der Waals surface area contributed by atoms with Crippen LogP contribution in [-0.4, -0.2) is 37.5 Å². The lowest BCUT2D eigenvalue weighted by molar-refractivity contribution is 0.0842. The molecule has 0 amide bonds. The second-order valence-electron chi connectivity index (χ2n) is 4.03. The number of aliphatic hydroxyl groups is 1. The number of rotatable bonds is 3. The molecule has 84 valence electrons. The van der Waals surface area contributed by atoms with Crippen molar-refractivity contribution < 1.29 is 9.84 Å². The Labute approximate surface area is 90.7 Å². The molecular weight excluding hydrogens is 210 g/mol. The number of nitrogens with one attached hydrogen (secondary N) is 1. The molecule has 0 aliphatic heterocycles. The fourth-order valence-electron chi connectivity index (χ4n) is 1.43. The zero-order valence-electron chi connectivity index (χ0n) is 8.47. The maximum Gasteiger partial charge on any atom is 0.229 e.